The molecule has 0 radical (unpaired) electrons. The summed E-state index contributed by atoms with van der Waals surface area (Å²) in [4.78, 5) is 7.12. The van der Waals surface area contributed by atoms with E-state index in [1.54, 1.807) is 0 Å². The number of aliphatic hydroxyl groups excluding tert-OH is 1. The van der Waals surface area contributed by atoms with E-state index in [1.165, 1.54) is 0 Å². The van der Waals surface area contributed by atoms with E-state index in [0.29, 0.717) is 12.5 Å². The van der Waals surface area contributed by atoms with Crippen LogP contribution < -0.4 is 10.6 Å². The van der Waals surface area contributed by atoms with Gasteiger partial charge in [-0.1, -0.05) is 13.8 Å². The number of aliphatic hydroxyl groups is 1. The first-order chi connectivity index (χ1) is 11.1. The van der Waals surface area contributed by atoms with Gasteiger partial charge in [0.05, 0.1) is 25.9 Å². The third-order valence-electron chi connectivity index (χ3n) is 4.55. The van der Waals surface area contributed by atoms with E-state index in [-0.39, 0.29) is 18.1 Å². The summed E-state index contributed by atoms with van der Waals surface area (Å²) in [5, 5.41) is 16.1. The lowest BCUT2D eigenvalue weighted by molar-refractivity contribution is -0.0284. The van der Waals surface area contributed by atoms with Gasteiger partial charge >= 0.3 is 0 Å². The van der Waals surface area contributed by atoms with Gasteiger partial charge in [0.15, 0.2) is 5.96 Å². The molecule has 1 aliphatic carbocycles. The SMILES string of the molecule is CCNC(=NCC1(CO)CC1)NCC1CN(CC(C)C)CCO1. The van der Waals surface area contributed by atoms with Crippen LogP contribution in [0.2, 0.25) is 0 Å². The molecule has 6 nitrogen and oxygen atoms in total. The minimum Gasteiger partial charge on any atom is -0.396 e. The largest absolute Gasteiger partial charge is 0.396 e. The molecule has 0 aromatic carbocycles. The van der Waals surface area contributed by atoms with Crippen LogP contribution in [0.4, 0.5) is 0 Å². The highest BCUT2D eigenvalue weighted by Crippen LogP contribution is 2.45. The minimum absolute atomic E-state index is 0.0533. The van der Waals surface area contributed by atoms with Crippen LogP contribution in [0.25, 0.3) is 0 Å². The molecular weight excluding hydrogens is 292 g/mol. The molecule has 2 fully saturated rings. The Bertz CT molecular complexity index is 383. The molecule has 2 aliphatic rings. The Hall–Kier alpha value is -0.850. The fourth-order valence-electron chi connectivity index (χ4n) is 2.93. The second-order valence-corrected chi connectivity index (χ2v) is 7.38. The zero-order valence-electron chi connectivity index (χ0n) is 15.0. The summed E-state index contributed by atoms with van der Waals surface area (Å²) in [5.41, 5.74) is 0.0533. The van der Waals surface area contributed by atoms with E-state index >= 15 is 0 Å². The van der Waals surface area contributed by atoms with E-state index in [9.17, 15) is 5.11 Å². The van der Waals surface area contributed by atoms with Crippen molar-refractivity contribution in [3.8, 4) is 0 Å². The van der Waals surface area contributed by atoms with E-state index < -0.39 is 0 Å². The van der Waals surface area contributed by atoms with E-state index in [1.807, 2.05) is 0 Å². The number of hydrogen-bond donors (Lipinski definition) is 3. The highest BCUT2D eigenvalue weighted by molar-refractivity contribution is 5.79. The number of hydrogen-bond acceptors (Lipinski definition) is 4. The van der Waals surface area contributed by atoms with Gasteiger partial charge in [0.25, 0.3) is 0 Å². The van der Waals surface area contributed by atoms with Gasteiger partial charge in [-0.15, -0.1) is 0 Å². The Balaban J connectivity index is 1.77. The van der Waals surface area contributed by atoms with Crippen molar-refractivity contribution in [3.63, 3.8) is 0 Å². The third-order valence-corrected chi connectivity index (χ3v) is 4.55. The van der Waals surface area contributed by atoms with Crippen LogP contribution in [0.5, 0.6) is 0 Å². The summed E-state index contributed by atoms with van der Waals surface area (Å²) in [5.74, 6) is 1.52. The maximum absolute atomic E-state index is 9.40. The van der Waals surface area contributed by atoms with Crippen LogP contribution >= 0.6 is 0 Å². The van der Waals surface area contributed by atoms with Gasteiger partial charge in [0.2, 0.25) is 0 Å². The lowest BCUT2D eigenvalue weighted by Crippen LogP contribution is -2.50. The van der Waals surface area contributed by atoms with Crippen molar-refractivity contribution < 1.29 is 9.84 Å². The molecule has 2 rings (SSSR count). The minimum atomic E-state index is 0.0533. The van der Waals surface area contributed by atoms with Gasteiger partial charge in [-0.25, -0.2) is 0 Å². The summed E-state index contributed by atoms with van der Waals surface area (Å²) in [6, 6.07) is 0. The number of ether oxygens (including phenoxy) is 1. The van der Waals surface area contributed by atoms with Gasteiger partial charge in [0, 0.05) is 38.1 Å². The topological polar surface area (TPSA) is 69.1 Å². The van der Waals surface area contributed by atoms with Crippen LogP contribution in [0.15, 0.2) is 4.99 Å². The standard InChI is InChI=1S/C17H34N4O2/c1-4-18-16(20-12-17(13-22)5-6-17)19-9-15-11-21(7-8-23-15)10-14(2)3/h14-15,22H,4-13H2,1-3H3,(H2,18,19,20). The molecule has 0 aromatic heterocycles. The summed E-state index contributed by atoms with van der Waals surface area (Å²) >= 11 is 0. The highest BCUT2D eigenvalue weighted by atomic mass is 16.5. The Labute approximate surface area is 140 Å². The number of aliphatic imine (C=N–C) groups is 1. The Morgan fingerprint density at radius 1 is 1.39 bits per heavy atom. The monoisotopic (exact) mass is 326 g/mol. The van der Waals surface area contributed by atoms with Crippen molar-refractivity contribution in [1.82, 2.24) is 15.5 Å². The summed E-state index contributed by atoms with van der Waals surface area (Å²) in [6.45, 7) is 13.1. The van der Waals surface area contributed by atoms with Gasteiger partial charge in [-0.2, -0.15) is 0 Å². The molecule has 3 N–H and O–H groups in total. The number of nitrogens with zero attached hydrogens (tertiary/aromatic N) is 2. The van der Waals surface area contributed by atoms with Crippen LogP contribution in [0.3, 0.4) is 0 Å². The average Bonchev–Trinajstić information content (AvgIpc) is 3.30. The molecule has 0 spiro atoms. The molecule has 0 amide bonds. The van der Waals surface area contributed by atoms with Crippen LogP contribution in [-0.2, 0) is 4.74 Å². The molecule has 23 heavy (non-hydrogen) atoms. The third kappa shape index (κ3) is 6.28. The Morgan fingerprint density at radius 3 is 2.78 bits per heavy atom. The van der Waals surface area contributed by atoms with Crippen molar-refractivity contribution in [1.29, 1.82) is 0 Å². The lowest BCUT2D eigenvalue weighted by atomic mass is 10.1. The molecule has 1 aliphatic heterocycles. The lowest BCUT2D eigenvalue weighted by Gasteiger charge is -2.34. The zero-order valence-corrected chi connectivity index (χ0v) is 15.0. The average molecular weight is 326 g/mol. The van der Waals surface area contributed by atoms with Crippen molar-refractivity contribution in [2.75, 3.05) is 52.5 Å². The maximum Gasteiger partial charge on any atom is 0.191 e. The number of rotatable bonds is 8. The van der Waals surface area contributed by atoms with Crippen molar-refractivity contribution in [2.45, 2.75) is 39.7 Å². The second-order valence-electron chi connectivity index (χ2n) is 7.38. The van der Waals surface area contributed by atoms with Crippen molar-refractivity contribution in [2.24, 2.45) is 16.3 Å². The Kier molecular flexibility index (Phi) is 7.11. The molecule has 6 heteroatoms. The molecule has 1 saturated heterocycles. The van der Waals surface area contributed by atoms with Gasteiger partial charge in [-0.3, -0.25) is 9.89 Å². The quantitative estimate of drug-likeness (QED) is 0.452. The molecule has 0 bridgehead atoms. The van der Waals surface area contributed by atoms with Crippen LogP contribution in [0.1, 0.15) is 33.6 Å². The summed E-state index contributed by atoms with van der Waals surface area (Å²) in [6.07, 6.45) is 2.38. The normalized spacial score (nSPS) is 24.7. The summed E-state index contributed by atoms with van der Waals surface area (Å²) < 4.78 is 5.87. The van der Waals surface area contributed by atoms with Crippen molar-refractivity contribution in [3.05, 3.63) is 0 Å². The molecule has 1 heterocycles. The summed E-state index contributed by atoms with van der Waals surface area (Å²) in [7, 11) is 0. The predicted molar refractivity (Wildman–Crippen MR) is 93.8 cm³/mol. The number of guanidine groups is 1. The van der Waals surface area contributed by atoms with Gasteiger partial charge < -0.3 is 20.5 Å². The van der Waals surface area contributed by atoms with Crippen LogP contribution in [0, 0.1) is 11.3 Å². The first-order valence-electron chi connectivity index (χ1n) is 9.04. The predicted octanol–water partition coefficient (Wildman–Crippen LogP) is 0.671. The molecule has 1 saturated carbocycles. The number of morpholine rings is 1. The zero-order chi connectivity index (χ0) is 16.7. The van der Waals surface area contributed by atoms with E-state index in [0.717, 1.165) is 58.1 Å². The first kappa shape index (κ1) is 18.5. The fraction of sp³-hybridized carbons (Fsp3) is 0.941. The molecule has 1 unspecified atom stereocenters. The molecule has 1 atom stereocenters. The molecule has 0 aromatic rings. The van der Waals surface area contributed by atoms with Crippen LogP contribution in [-0.4, -0.2) is 74.6 Å². The van der Waals surface area contributed by atoms with E-state index in [2.05, 4.69) is 41.3 Å². The fourth-order valence-corrected chi connectivity index (χ4v) is 2.93. The number of nitrogens with one attached hydrogen (secondary N) is 2. The van der Waals surface area contributed by atoms with Crippen molar-refractivity contribution >= 4 is 5.96 Å². The second kappa shape index (κ2) is 8.85. The first-order valence-corrected chi connectivity index (χ1v) is 9.04. The highest BCUT2D eigenvalue weighted by Gasteiger charge is 2.41. The maximum atomic E-state index is 9.40. The smallest absolute Gasteiger partial charge is 0.191 e. The van der Waals surface area contributed by atoms with Gasteiger partial charge in [0.1, 0.15) is 0 Å². The molecule has 134 valence electrons. The van der Waals surface area contributed by atoms with Gasteiger partial charge in [-0.05, 0) is 25.7 Å². The molecular formula is C17H34N4O2. The Morgan fingerprint density at radius 2 is 2.17 bits per heavy atom. The van der Waals surface area contributed by atoms with E-state index in [4.69, 9.17) is 4.74 Å².